The van der Waals surface area contributed by atoms with Crippen LogP contribution in [0.5, 0.6) is 0 Å². The average Bonchev–Trinajstić information content (AvgIpc) is 2.23. The van der Waals surface area contributed by atoms with E-state index in [0.717, 1.165) is 16.7 Å². The zero-order valence-corrected chi connectivity index (χ0v) is 10.5. The van der Waals surface area contributed by atoms with Crippen LogP contribution in [0.4, 0.5) is 0 Å². The molecule has 0 aliphatic heterocycles. The fraction of sp³-hybridized carbons (Fsp3) is 0.385. The highest BCUT2D eigenvalue weighted by molar-refractivity contribution is 5.72. The predicted octanol–water partition coefficient (Wildman–Crippen LogP) is 1.27. The van der Waals surface area contributed by atoms with Crippen molar-refractivity contribution in [1.82, 2.24) is 4.90 Å². The van der Waals surface area contributed by atoms with E-state index in [2.05, 4.69) is 0 Å². The third-order valence-electron chi connectivity index (χ3n) is 2.83. The van der Waals surface area contributed by atoms with Crippen LogP contribution in [0.25, 0.3) is 0 Å². The lowest BCUT2D eigenvalue weighted by atomic mass is 10.0. The Morgan fingerprint density at radius 2 is 1.67 bits per heavy atom. The number of rotatable bonds is 6. The van der Waals surface area contributed by atoms with E-state index in [9.17, 15) is 9.59 Å². The molecule has 5 nitrogen and oxygen atoms in total. The van der Waals surface area contributed by atoms with Crippen LogP contribution in [0.15, 0.2) is 18.2 Å². The lowest BCUT2D eigenvalue weighted by molar-refractivity contribution is -0.142. The zero-order chi connectivity index (χ0) is 13.7. The standard InChI is InChI=1S/C13H17NO4/c1-9-4-3-5-11(10(9)2)6-14(7-12(15)16)8-13(17)18/h3-5H,6-8H2,1-2H3,(H,15,16)(H,17,18). The maximum Gasteiger partial charge on any atom is 0.317 e. The monoisotopic (exact) mass is 251 g/mol. The van der Waals surface area contributed by atoms with Crippen molar-refractivity contribution < 1.29 is 19.8 Å². The van der Waals surface area contributed by atoms with Gasteiger partial charge in [0.15, 0.2) is 0 Å². The van der Waals surface area contributed by atoms with Gasteiger partial charge in [0, 0.05) is 6.54 Å². The molecule has 1 rings (SSSR count). The lowest BCUT2D eigenvalue weighted by Crippen LogP contribution is -2.34. The summed E-state index contributed by atoms with van der Waals surface area (Å²) in [5.41, 5.74) is 3.13. The molecule has 0 radical (unpaired) electrons. The molecule has 0 saturated heterocycles. The molecule has 1 aromatic carbocycles. The van der Waals surface area contributed by atoms with Gasteiger partial charge in [-0.05, 0) is 30.5 Å². The van der Waals surface area contributed by atoms with Gasteiger partial charge in [-0.25, -0.2) is 0 Å². The molecule has 18 heavy (non-hydrogen) atoms. The molecule has 0 aliphatic carbocycles. The van der Waals surface area contributed by atoms with Gasteiger partial charge in [-0.1, -0.05) is 18.2 Å². The van der Waals surface area contributed by atoms with Gasteiger partial charge in [0.25, 0.3) is 0 Å². The van der Waals surface area contributed by atoms with E-state index in [4.69, 9.17) is 10.2 Å². The quantitative estimate of drug-likeness (QED) is 0.796. The first-order chi connectivity index (χ1) is 8.40. The molecule has 1 aromatic rings. The number of benzene rings is 1. The Balaban J connectivity index is 2.84. The van der Waals surface area contributed by atoms with Gasteiger partial charge < -0.3 is 10.2 Å². The number of aryl methyl sites for hydroxylation is 1. The first kappa shape index (κ1) is 14.2. The first-order valence-electron chi connectivity index (χ1n) is 5.61. The second-order valence-electron chi connectivity index (χ2n) is 4.29. The maximum absolute atomic E-state index is 10.7. The van der Waals surface area contributed by atoms with Crippen molar-refractivity contribution in [2.75, 3.05) is 13.1 Å². The summed E-state index contributed by atoms with van der Waals surface area (Å²) < 4.78 is 0. The van der Waals surface area contributed by atoms with Gasteiger partial charge >= 0.3 is 11.9 Å². The minimum absolute atomic E-state index is 0.278. The van der Waals surface area contributed by atoms with Gasteiger partial charge in [0.1, 0.15) is 0 Å². The van der Waals surface area contributed by atoms with Crippen LogP contribution < -0.4 is 0 Å². The van der Waals surface area contributed by atoms with Crippen molar-refractivity contribution in [3.63, 3.8) is 0 Å². The minimum atomic E-state index is -1.03. The fourth-order valence-electron chi connectivity index (χ4n) is 1.77. The Kier molecular flexibility index (Phi) is 4.85. The van der Waals surface area contributed by atoms with E-state index in [1.807, 2.05) is 32.0 Å². The molecule has 0 fully saturated rings. The van der Waals surface area contributed by atoms with Crippen molar-refractivity contribution >= 4 is 11.9 Å². The first-order valence-corrected chi connectivity index (χ1v) is 5.61. The minimum Gasteiger partial charge on any atom is -0.480 e. The average molecular weight is 251 g/mol. The summed E-state index contributed by atoms with van der Waals surface area (Å²) >= 11 is 0. The summed E-state index contributed by atoms with van der Waals surface area (Å²) in [7, 11) is 0. The number of carboxylic acid groups (broad SMARTS) is 2. The van der Waals surface area contributed by atoms with Gasteiger partial charge in [-0.2, -0.15) is 0 Å². The Morgan fingerprint density at radius 3 is 2.17 bits per heavy atom. The molecular weight excluding hydrogens is 234 g/mol. The Morgan fingerprint density at radius 1 is 1.11 bits per heavy atom. The summed E-state index contributed by atoms with van der Waals surface area (Å²) in [5.74, 6) is -2.05. The van der Waals surface area contributed by atoms with E-state index >= 15 is 0 Å². The molecule has 0 amide bonds. The Labute approximate surface area is 106 Å². The smallest absolute Gasteiger partial charge is 0.317 e. The normalized spacial score (nSPS) is 10.6. The highest BCUT2D eigenvalue weighted by atomic mass is 16.4. The molecular formula is C13H17NO4. The van der Waals surface area contributed by atoms with Crippen LogP contribution >= 0.6 is 0 Å². The van der Waals surface area contributed by atoms with Gasteiger partial charge in [-0.3, -0.25) is 14.5 Å². The van der Waals surface area contributed by atoms with Crippen molar-refractivity contribution in [1.29, 1.82) is 0 Å². The zero-order valence-electron chi connectivity index (χ0n) is 10.5. The van der Waals surface area contributed by atoms with Crippen molar-refractivity contribution in [2.45, 2.75) is 20.4 Å². The lowest BCUT2D eigenvalue weighted by Gasteiger charge is -2.19. The number of carboxylic acids is 2. The topological polar surface area (TPSA) is 77.8 Å². The van der Waals surface area contributed by atoms with Crippen LogP contribution in [0.3, 0.4) is 0 Å². The summed E-state index contributed by atoms with van der Waals surface area (Å²) in [6.07, 6.45) is 0. The summed E-state index contributed by atoms with van der Waals surface area (Å²) in [5, 5.41) is 17.5. The SMILES string of the molecule is Cc1cccc(CN(CC(=O)O)CC(=O)O)c1C. The Hall–Kier alpha value is -1.88. The molecule has 0 bridgehead atoms. The third kappa shape index (κ3) is 4.18. The summed E-state index contributed by atoms with van der Waals surface area (Å²) in [4.78, 5) is 22.8. The van der Waals surface area contributed by atoms with Gasteiger partial charge in [0.05, 0.1) is 13.1 Å². The molecule has 0 aliphatic rings. The highest BCUT2D eigenvalue weighted by Crippen LogP contribution is 2.14. The molecule has 0 aromatic heterocycles. The largest absolute Gasteiger partial charge is 0.480 e. The Bertz CT molecular complexity index is 440. The van der Waals surface area contributed by atoms with Crippen LogP contribution in [-0.4, -0.2) is 40.1 Å². The maximum atomic E-state index is 10.7. The predicted molar refractivity (Wildman–Crippen MR) is 66.5 cm³/mol. The van der Waals surface area contributed by atoms with Crippen LogP contribution in [0.2, 0.25) is 0 Å². The second-order valence-corrected chi connectivity index (χ2v) is 4.29. The fourth-order valence-corrected chi connectivity index (χ4v) is 1.77. The van der Waals surface area contributed by atoms with E-state index < -0.39 is 11.9 Å². The highest BCUT2D eigenvalue weighted by Gasteiger charge is 2.15. The van der Waals surface area contributed by atoms with Crippen LogP contribution in [-0.2, 0) is 16.1 Å². The number of hydrogen-bond acceptors (Lipinski definition) is 3. The molecule has 98 valence electrons. The number of nitrogens with zero attached hydrogens (tertiary/aromatic N) is 1. The molecule has 5 heteroatoms. The molecule has 0 unspecified atom stereocenters. The second kappa shape index (κ2) is 6.16. The van der Waals surface area contributed by atoms with Crippen molar-refractivity contribution in [2.24, 2.45) is 0 Å². The van der Waals surface area contributed by atoms with Gasteiger partial charge in [-0.15, -0.1) is 0 Å². The van der Waals surface area contributed by atoms with Crippen molar-refractivity contribution in [3.05, 3.63) is 34.9 Å². The summed E-state index contributed by atoms with van der Waals surface area (Å²) in [6.45, 7) is 3.69. The van der Waals surface area contributed by atoms with E-state index in [1.54, 1.807) is 0 Å². The third-order valence-corrected chi connectivity index (χ3v) is 2.83. The number of aliphatic carboxylic acids is 2. The van der Waals surface area contributed by atoms with Crippen LogP contribution in [0, 0.1) is 13.8 Å². The van der Waals surface area contributed by atoms with E-state index in [0.29, 0.717) is 6.54 Å². The molecule has 0 spiro atoms. The number of carbonyl (C=O) groups is 2. The van der Waals surface area contributed by atoms with E-state index in [1.165, 1.54) is 4.90 Å². The van der Waals surface area contributed by atoms with Crippen LogP contribution in [0.1, 0.15) is 16.7 Å². The molecule has 0 atom stereocenters. The number of hydrogen-bond donors (Lipinski definition) is 2. The van der Waals surface area contributed by atoms with E-state index in [-0.39, 0.29) is 13.1 Å². The van der Waals surface area contributed by atoms with Crippen molar-refractivity contribution in [3.8, 4) is 0 Å². The molecule has 2 N–H and O–H groups in total. The molecule has 0 saturated carbocycles. The molecule has 0 heterocycles. The van der Waals surface area contributed by atoms with Gasteiger partial charge in [0.2, 0.25) is 0 Å². The summed E-state index contributed by atoms with van der Waals surface area (Å²) in [6, 6.07) is 5.74.